The molecule has 0 aliphatic heterocycles. The molecule has 4 rings (SSSR count). The number of hydrogen-bond acceptors (Lipinski definition) is 3. The molecule has 3 nitrogen and oxygen atoms in total. The number of anilines is 2. The summed E-state index contributed by atoms with van der Waals surface area (Å²) in [5.74, 6) is 5.11. The van der Waals surface area contributed by atoms with E-state index in [1.807, 2.05) is 12.1 Å². The van der Waals surface area contributed by atoms with E-state index in [0.29, 0.717) is 23.0 Å². The highest BCUT2D eigenvalue weighted by Crippen LogP contribution is 2.44. The van der Waals surface area contributed by atoms with Crippen molar-refractivity contribution < 1.29 is 4.74 Å². The summed E-state index contributed by atoms with van der Waals surface area (Å²) < 4.78 is 5.93. The zero-order valence-corrected chi connectivity index (χ0v) is 17.1. The predicted molar refractivity (Wildman–Crippen MR) is 121 cm³/mol. The van der Waals surface area contributed by atoms with Crippen molar-refractivity contribution in [2.45, 2.75) is 63.1 Å². The number of benzene rings is 2. The van der Waals surface area contributed by atoms with Crippen molar-refractivity contribution in [2.24, 2.45) is 11.8 Å². The maximum Gasteiger partial charge on any atom is 0.150 e. The van der Waals surface area contributed by atoms with Gasteiger partial charge in [0.15, 0.2) is 0 Å². The monoisotopic (exact) mass is 376 g/mol. The van der Waals surface area contributed by atoms with Gasteiger partial charge in [-0.25, -0.2) is 0 Å². The van der Waals surface area contributed by atoms with Crippen LogP contribution < -0.4 is 16.2 Å². The second-order valence-electron chi connectivity index (χ2n) is 9.10. The Morgan fingerprint density at radius 1 is 0.750 bits per heavy atom. The summed E-state index contributed by atoms with van der Waals surface area (Å²) in [6.45, 7) is 0. The van der Waals surface area contributed by atoms with Crippen LogP contribution in [-0.4, -0.2) is 7.85 Å². The van der Waals surface area contributed by atoms with Crippen molar-refractivity contribution >= 4 is 19.2 Å². The van der Waals surface area contributed by atoms with Gasteiger partial charge in [-0.1, -0.05) is 43.6 Å². The fraction of sp³-hybridized carbons (Fsp3) is 0.500. The Kier molecular flexibility index (Phi) is 5.84. The summed E-state index contributed by atoms with van der Waals surface area (Å²) in [4.78, 5) is 0. The summed E-state index contributed by atoms with van der Waals surface area (Å²) in [7, 11) is 2.42. The molecule has 0 heterocycles. The lowest BCUT2D eigenvalue weighted by atomic mass is 9.65. The van der Waals surface area contributed by atoms with Crippen molar-refractivity contribution in [2.75, 3.05) is 11.5 Å². The average molecular weight is 376 g/mol. The minimum absolute atomic E-state index is 0.569. The van der Waals surface area contributed by atoms with Crippen LogP contribution in [0.15, 0.2) is 42.5 Å². The molecule has 0 spiro atoms. The summed E-state index contributed by atoms with van der Waals surface area (Å²) >= 11 is 0. The Morgan fingerprint density at radius 3 is 1.96 bits per heavy atom. The Morgan fingerprint density at radius 2 is 1.36 bits per heavy atom. The Labute approximate surface area is 170 Å². The van der Waals surface area contributed by atoms with E-state index >= 15 is 0 Å². The molecule has 2 aromatic rings. The van der Waals surface area contributed by atoms with E-state index in [9.17, 15) is 0 Å². The van der Waals surface area contributed by atoms with Crippen LogP contribution in [0.25, 0.3) is 0 Å². The first kappa shape index (κ1) is 19.2. The molecule has 0 unspecified atom stereocenters. The van der Waals surface area contributed by atoms with Crippen LogP contribution in [0, 0.1) is 11.8 Å². The molecule has 2 fully saturated rings. The molecule has 0 saturated heterocycles. The highest BCUT2D eigenvalue weighted by molar-refractivity contribution is 6.11. The summed E-state index contributed by atoms with van der Waals surface area (Å²) in [5, 5.41) is 0. The first-order valence-corrected chi connectivity index (χ1v) is 11.0. The molecule has 4 heteroatoms. The van der Waals surface area contributed by atoms with E-state index < -0.39 is 0 Å². The van der Waals surface area contributed by atoms with Gasteiger partial charge in [0, 0.05) is 5.69 Å². The molecule has 2 aromatic carbocycles. The fourth-order valence-electron chi connectivity index (χ4n) is 5.28. The fourth-order valence-corrected chi connectivity index (χ4v) is 5.28. The largest absolute Gasteiger partial charge is 0.455 e. The van der Waals surface area contributed by atoms with Crippen molar-refractivity contribution in [3.8, 4) is 11.5 Å². The normalized spacial score (nSPS) is 28.0. The van der Waals surface area contributed by atoms with Crippen LogP contribution in [0.4, 0.5) is 11.4 Å². The van der Waals surface area contributed by atoms with Gasteiger partial charge < -0.3 is 16.2 Å². The van der Waals surface area contributed by atoms with Gasteiger partial charge in [0.2, 0.25) is 0 Å². The number of nitrogens with two attached hydrogens (primary N) is 2. The van der Waals surface area contributed by atoms with Crippen LogP contribution >= 0.6 is 0 Å². The molecule has 148 valence electrons. The zero-order valence-electron chi connectivity index (χ0n) is 17.1. The van der Waals surface area contributed by atoms with Gasteiger partial charge in [0.05, 0.1) is 5.69 Å². The van der Waals surface area contributed by atoms with E-state index in [1.165, 1.54) is 56.9 Å². The van der Waals surface area contributed by atoms with E-state index in [4.69, 9.17) is 16.2 Å². The molecule has 0 bridgehead atoms. The van der Waals surface area contributed by atoms with Gasteiger partial charge in [-0.15, -0.1) is 0 Å². The molecule has 28 heavy (non-hydrogen) atoms. The molecule has 0 atom stereocenters. The van der Waals surface area contributed by atoms with Crippen LogP contribution in [-0.2, 0) is 0 Å². The molecular formula is C24H33BN2O. The van der Waals surface area contributed by atoms with E-state index in [1.54, 1.807) is 6.07 Å². The van der Waals surface area contributed by atoms with Gasteiger partial charge in [0.1, 0.15) is 19.3 Å². The lowest BCUT2D eigenvalue weighted by Gasteiger charge is -2.37. The van der Waals surface area contributed by atoms with Gasteiger partial charge in [0.25, 0.3) is 0 Å². The van der Waals surface area contributed by atoms with Gasteiger partial charge in [-0.05, 0) is 79.3 Å². The van der Waals surface area contributed by atoms with Crippen LogP contribution in [0.3, 0.4) is 0 Å². The van der Waals surface area contributed by atoms with Crippen LogP contribution in [0.1, 0.15) is 62.8 Å². The molecule has 4 N–H and O–H groups in total. The van der Waals surface area contributed by atoms with E-state index in [0.717, 1.165) is 23.4 Å². The van der Waals surface area contributed by atoms with Crippen LogP contribution in [0.5, 0.6) is 11.5 Å². The maximum atomic E-state index is 5.99. The molecule has 0 aromatic heterocycles. The molecule has 0 amide bonds. The van der Waals surface area contributed by atoms with Gasteiger partial charge in [-0.2, -0.15) is 0 Å². The molecular weight excluding hydrogens is 343 g/mol. The first-order valence-electron chi connectivity index (χ1n) is 11.0. The maximum absolute atomic E-state index is 5.99. The second-order valence-corrected chi connectivity index (χ2v) is 9.10. The smallest absolute Gasteiger partial charge is 0.150 e. The SMILES string of the molecule is BC1CCC(C2CCC(c3ccc(Oc4ccc(N)cc4N)cc3)CC2)CC1. The number of nitrogen functional groups attached to an aromatic ring is 2. The minimum Gasteiger partial charge on any atom is -0.455 e. The van der Waals surface area contributed by atoms with E-state index in [2.05, 4.69) is 32.1 Å². The van der Waals surface area contributed by atoms with Crippen molar-refractivity contribution in [1.29, 1.82) is 0 Å². The van der Waals surface area contributed by atoms with E-state index in [-0.39, 0.29) is 0 Å². The highest BCUT2D eigenvalue weighted by atomic mass is 16.5. The van der Waals surface area contributed by atoms with Crippen LogP contribution in [0.2, 0.25) is 5.82 Å². The summed E-state index contributed by atoms with van der Waals surface area (Å²) in [5.41, 5.74) is 14.4. The Bertz CT molecular complexity index is 776. The van der Waals surface area contributed by atoms with Crippen molar-refractivity contribution in [3.63, 3.8) is 0 Å². The molecule has 2 aliphatic rings. The quantitative estimate of drug-likeness (QED) is 0.545. The van der Waals surface area contributed by atoms with Gasteiger partial charge >= 0.3 is 0 Å². The third-order valence-corrected chi connectivity index (χ3v) is 7.11. The molecule has 0 radical (unpaired) electrons. The average Bonchev–Trinajstić information content (AvgIpc) is 2.71. The second kappa shape index (κ2) is 8.51. The van der Waals surface area contributed by atoms with Crippen molar-refractivity contribution in [1.82, 2.24) is 0 Å². The standard InChI is InChI=1S/C24H33BN2O/c25-20-9-5-18(6-10-20)16-1-3-17(4-2-16)19-7-12-22(13-8-19)28-24-14-11-21(26)15-23(24)27/h7-8,11-18,20H,1-6,9-10,25-27H2. The minimum atomic E-state index is 0.569. The summed E-state index contributed by atoms with van der Waals surface area (Å²) in [6, 6.07) is 14.0. The Balaban J connectivity index is 1.32. The number of ether oxygens (including phenoxy) is 1. The van der Waals surface area contributed by atoms with Gasteiger partial charge in [-0.3, -0.25) is 0 Å². The first-order chi connectivity index (χ1) is 13.6. The lowest BCUT2D eigenvalue weighted by molar-refractivity contribution is 0.186. The predicted octanol–water partition coefficient (Wildman–Crippen LogP) is 5.53. The Hall–Kier alpha value is -2.10. The third kappa shape index (κ3) is 4.48. The highest BCUT2D eigenvalue weighted by Gasteiger charge is 2.30. The zero-order chi connectivity index (χ0) is 19.5. The molecule has 2 saturated carbocycles. The van der Waals surface area contributed by atoms with Crippen molar-refractivity contribution in [3.05, 3.63) is 48.0 Å². The number of rotatable bonds is 4. The summed E-state index contributed by atoms with van der Waals surface area (Å²) in [6.07, 6.45) is 11.3. The number of hydrogen-bond donors (Lipinski definition) is 2. The topological polar surface area (TPSA) is 61.3 Å². The lowest BCUT2D eigenvalue weighted by Crippen LogP contribution is -2.24. The third-order valence-electron chi connectivity index (χ3n) is 7.11. The molecule has 2 aliphatic carbocycles.